The van der Waals surface area contributed by atoms with E-state index < -0.39 is 4.92 Å². The predicted molar refractivity (Wildman–Crippen MR) is 115 cm³/mol. The third-order valence-electron chi connectivity index (χ3n) is 4.81. The van der Waals surface area contributed by atoms with E-state index in [0.29, 0.717) is 18.9 Å². The largest absolute Gasteiger partial charge is 0.356 e. The molecular formula is C21H33N5O3. The molecule has 1 heterocycles. The minimum atomic E-state index is -0.403. The molecule has 1 fully saturated rings. The molecule has 8 heteroatoms. The quantitative estimate of drug-likeness (QED) is 0.217. The average Bonchev–Trinajstić information content (AvgIpc) is 2.91. The van der Waals surface area contributed by atoms with E-state index in [1.165, 1.54) is 12.1 Å². The van der Waals surface area contributed by atoms with Crippen LogP contribution >= 0.6 is 0 Å². The first kappa shape index (κ1) is 22.6. The second kappa shape index (κ2) is 12.0. The number of guanidine groups is 1. The van der Waals surface area contributed by atoms with Gasteiger partial charge in [-0.1, -0.05) is 32.4 Å². The van der Waals surface area contributed by atoms with E-state index >= 15 is 0 Å². The van der Waals surface area contributed by atoms with Crippen molar-refractivity contribution in [1.82, 2.24) is 15.5 Å². The fourth-order valence-corrected chi connectivity index (χ4v) is 3.12. The number of nitro groups is 1. The van der Waals surface area contributed by atoms with Crippen LogP contribution in [-0.2, 0) is 11.3 Å². The summed E-state index contributed by atoms with van der Waals surface area (Å²) >= 11 is 0. The van der Waals surface area contributed by atoms with Gasteiger partial charge in [-0.15, -0.1) is 0 Å². The van der Waals surface area contributed by atoms with Gasteiger partial charge < -0.3 is 15.5 Å². The van der Waals surface area contributed by atoms with Gasteiger partial charge in [-0.3, -0.25) is 14.9 Å². The summed E-state index contributed by atoms with van der Waals surface area (Å²) in [7, 11) is 0. The molecule has 0 bridgehead atoms. The first-order valence-corrected chi connectivity index (χ1v) is 10.5. The maximum Gasteiger partial charge on any atom is 0.269 e. The van der Waals surface area contributed by atoms with E-state index in [-0.39, 0.29) is 11.6 Å². The van der Waals surface area contributed by atoms with Gasteiger partial charge in [0.2, 0.25) is 5.91 Å². The standard InChI is InChI=1S/C21H33N5O3/c1-17(2)15-23-21(24-16-18-8-10-19(11-9-18)26(28)29)22-12-6-14-25-13-5-3-4-7-20(25)27/h8-11,17H,3-7,12-16H2,1-2H3,(H2,22,23,24). The number of likely N-dealkylation sites (tertiary alicyclic amines) is 1. The van der Waals surface area contributed by atoms with Gasteiger partial charge in [-0.2, -0.15) is 0 Å². The zero-order valence-electron chi connectivity index (χ0n) is 17.5. The van der Waals surface area contributed by atoms with Gasteiger partial charge >= 0.3 is 0 Å². The highest BCUT2D eigenvalue weighted by Crippen LogP contribution is 2.13. The van der Waals surface area contributed by atoms with Gasteiger partial charge in [0.15, 0.2) is 5.96 Å². The minimum Gasteiger partial charge on any atom is -0.356 e. The molecule has 1 amide bonds. The summed E-state index contributed by atoms with van der Waals surface area (Å²) in [5, 5.41) is 17.4. The summed E-state index contributed by atoms with van der Waals surface area (Å²) in [6.07, 6.45) is 4.78. The van der Waals surface area contributed by atoms with Gasteiger partial charge in [0.1, 0.15) is 0 Å². The second-order valence-corrected chi connectivity index (χ2v) is 7.83. The number of rotatable bonds is 9. The molecule has 1 aliphatic heterocycles. The van der Waals surface area contributed by atoms with Crippen LogP contribution in [0.25, 0.3) is 0 Å². The van der Waals surface area contributed by atoms with Crippen molar-refractivity contribution < 1.29 is 9.72 Å². The molecule has 0 aliphatic carbocycles. The molecule has 0 aromatic heterocycles. The summed E-state index contributed by atoms with van der Waals surface area (Å²) < 4.78 is 0. The Balaban J connectivity index is 1.85. The van der Waals surface area contributed by atoms with Crippen molar-refractivity contribution in [3.8, 4) is 0 Å². The molecule has 0 unspecified atom stereocenters. The summed E-state index contributed by atoms with van der Waals surface area (Å²) in [6.45, 7) is 7.87. The first-order valence-electron chi connectivity index (χ1n) is 10.5. The van der Waals surface area contributed by atoms with E-state index in [1.54, 1.807) is 12.1 Å². The number of nitrogens with one attached hydrogen (secondary N) is 2. The Morgan fingerprint density at radius 1 is 1.21 bits per heavy atom. The van der Waals surface area contributed by atoms with Gasteiger partial charge in [0.25, 0.3) is 5.69 Å². The van der Waals surface area contributed by atoms with Gasteiger partial charge in [0, 0.05) is 44.7 Å². The zero-order chi connectivity index (χ0) is 21.1. The van der Waals surface area contributed by atoms with Crippen LogP contribution in [0.3, 0.4) is 0 Å². The van der Waals surface area contributed by atoms with Crippen LogP contribution in [0.4, 0.5) is 5.69 Å². The highest BCUT2D eigenvalue weighted by Gasteiger charge is 2.15. The Hall–Kier alpha value is -2.64. The third kappa shape index (κ3) is 8.50. The van der Waals surface area contributed by atoms with E-state index in [2.05, 4.69) is 29.5 Å². The monoisotopic (exact) mass is 403 g/mol. The van der Waals surface area contributed by atoms with Crippen molar-refractivity contribution in [1.29, 1.82) is 0 Å². The lowest BCUT2D eigenvalue weighted by Gasteiger charge is -2.21. The first-order chi connectivity index (χ1) is 14.0. The van der Waals surface area contributed by atoms with Crippen molar-refractivity contribution in [2.75, 3.05) is 26.2 Å². The Kier molecular flexibility index (Phi) is 9.40. The Labute approximate surface area is 172 Å². The van der Waals surface area contributed by atoms with Crippen molar-refractivity contribution in [2.45, 2.75) is 52.5 Å². The van der Waals surface area contributed by atoms with Gasteiger partial charge in [-0.05, 0) is 30.7 Å². The SMILES string of the molecule is CC(C)CNC(=NCc1ccc([N+](=O)[O-])cc1)NCCCN1CCCCCC1=O. The van der Waals surface area contributed by atoms with E-state index in [4.69, 9.17) is 0 Å². The number of amides is 1. The number of nitrogens with zero attached hydrogens (tertiary/aromatic N) is 3. The molecule has 2 N–H and O–H groups in total. The molecule has 29 heavy (non-hydrogen) atoms. The summed E-state index contributed by atoms with van der Waals surface area (Å²) in [5.41, 5.74) is 0.994. The molecule has 0 saturated carbocycles. The van der Waals surface area contributed by atoms with Crippen molar-refractivity contribution in [2.24, 2.45) is 10.9 Å². The number of carbonyl (C=O) groups excluding carboxylic acids is 1. The Bertz CT molecular complexity index is 688. The van der Waals surface area contributed by atoms with Crippen LogP contribution in [0, 0.1) is 16.0 Å². The number of carbonyl (C=O) groups is 1. The topological polar surface area (TPSA) is 99.9 Å². The van der Waals surface area contributed by atoms with Gasteiger partial charge in [0.05, 0.1) is 11.5 Å². The van der Waals surface area contributed by atoms with Crippen LogP contribution in [-0.4, -0.2) is 47.9 Å². The number of aliphatic imine (C=N–C) groups is 1. The molecule has 1 aromatic carbocycles. The van der Waals surface area contributed by atoms with E-state index in [0.717, 1.165) is 63.4 Å². The Morgan fingerprint density at radius 2 is 1.97 bits per heavy atom. The second-order valence-electron chi connectivity index (χ2n) is 7.83. The van der Waals surface area contributed by atoms with Crippen LogP contribution in [0.2, 0.25) is 0 Å². The lowest BCUT2D eigenvalue weighted by atomic mass is 10.2. The third-order valence-corrected chi connectivity index (χ3v) is 4.81. The Morgan fingerprint density at radius 3 is 2.66 bits per heavy atom. The van der Waals surface area contributed by atoms with Gasteiger partial charge in [-0.25, -0.2) is 4.99 Å². The highest BCUT2D eigenvalue weighted by atomic mass is 16.6. The highest BCUT2D eigenvalue weighted by molar-refractivity contribution is 5.79. The fraction of sp³-hybridized carbons (Fsp3) is 0.619. The summed E-state index contributed by atoms with van der Waals surface area (Å²) in [6, 6.07) is 6.45. The molecule has 0 spiro atoms. The number of nitro benzene ring substituents is 1. The van der Waals surface area contributed by atoms with Crippen molar-refractivity contribution in [3.63, 3.8) is 0 Å². The number of benzene rings is 1. The van der Waals surface area contributed by atoms with Crippen molar-refractivity contribution in [3.05, 3.63) is 39.9 Å². The molecule has 0 radical (unpaired) electrons. The zero-order valence-corrected chi connectivity index (χ0v) is 17.5. The molecule has 2 rings (SSSR count). The van der Waals surface area contributed by atoms with Crippen LogP contribution in [0.15, 0.2) is 29.3 Å². The molecule has 1 aromatic rings. The smallest absolute Gasteiger partial charge is 0.269 e. The molecule has 8 nitrogen and oxygen atoms in total. The maximum absolute atomic E-state index is 12.1. The summed E-state index contributed by atoms with van der Waals surface area (Å²) in [5.74, 6) is 1.47. The molecule has 1 saturated heterocycles. The number of hydrogen-bond donors (Lipinski definition) is 2. The molecule has 0 atom stereocenters. The number of non-ortho nitro benzene ring substituents is 1. The van der Waals surface area contributed by atoms with Crippen molar-refractivity contribution >= 4 is 17.6 Å². The summed E-state index contributed by atoms with van der Waals surface area (Å²) in [4.78, 5) is 29.0. The van der Waals surface area contributed by atoms with E-state index in [1.807, 2.05) is 4.90 Å². The molecule has 160 valence electrons. The lowest BCUT2D eigenvalue weighted by molar-refractivity contribution is -0.384. The number of hydrogen-bond acceptors (Lipinski definition) is 4. The normalized spacial score (nSPS) is 15.3. The van der Waals surface area contributed by atoms with E-state index in [9.17, 15) is 14.9 Å². The van der Waals surface area contributed by atoms with Crippen LogP contribution < -0.4 is 10.6 Å². The fourth-order valence-electron chi connectivity index (χ4n) is 3.12. The predicted octanol–water partition coefficient (Wildman–Crippen LogP) is 3.08. The molecular weight excluding hydrogens is 370 g/mol. The lowest BCUT2D eigenvalue weighted by Crippen LogP contribution is -2.41. The van der Waals surface area contributed by atoms with Crippen LogP contribution in [0.5, 0.6) is 0 Å². The minimum absolute atomic E-state index is 0.0806. The maximum atomic E-state index is 12.1. The average molecular weight is 404 g/mol. The van der Waals surface area contributed by atoms with Crippen LogP contribution in [0.1, 0.15) is 51.5 Å². The molecule has 1 aliphatic rings.